The molecule has 5 nitrogen and oxygen atoms in total. The molecule has 0 aliphatic carbocycles. The van der Waals surface area contributed by atoms with Gasteiger partial charge in [0.05, 0.1) is 27.5 Å². The van der Waals surface area contributed by atoms with E-state index in [9.17, 15) is 4.79 Å². The SMILES string of the molecule is O=c1nc2oc3ccc(-c4ccc5c(c4)c4ccccc4n5-c4ccccc4)cc3n2c2ccccc12. The van der Waals surface area contributed by atoms with Gasteiger partial charge in [-0.25, -0.2) is 0 Å². The van der Waals surface area contributed by atoms with Crippen molar-refractivity contribution >= 4 is 49.7 Å². The highest BCUT2D eigenvalue weighted by atomic mass is 16.4. The molecule has 0 amide bonds. The molecule has 3 aromatic heterocycles. The Labute approximate surface area is 210 Å². The summed E-state index contributed by atoms with van der Waals surface area (Å²) in [7, 11) is 0. The molecular weight excluding hydrogens is 458 g/mol. The Morgan fingerprint density at radius 2 is 1.24 bits per heavy atom. The number of oxazole rings is 1. The van der Waals surface area contributed by atoms with Crippen molar-refractivity contribution in [3.8, 4) is 16.8 Å². The van der Waals surface area contributed by atoms with Gasteiger partial charge >= 0.3 is 5.84 Å². The summed E-state index contributed by atoms with van der Waals surface area (Å²) >= 11 is 0. The van der Waals surface area contributed by atoms with Gasteiger partial charge in [0.1, 0.15) is 0 Å². The van der Waals surface area contributed by atoms with E-state index in [-0.39, 0.29) is 5.56 Å². The molecule has 0 aliphatic rings. The molecule has 0 radical (unpaired) electrons. The predicted octanol–water partition coefficient (Wildman–Crippen LogP) is 7.36. The van der Waals surface area contributed by atoms with Gasteiger partial charge in [-0.2, -0.15) is 4.98 Å². The minimum atomic E-state index is -0.282. The number of hydrogen-bond acceptors (Lipinski definition) is 3. The zero-order valence-corrected chi connectivity index (χ0v) is 19.6. The average molecular weight is 478 g/mol. The second kappa shape index (κ2) is 7.42. The lowest BCUT2D eigenvalue weighted by Gasteiger charge is -2.08. The first-order valence-corrected chi connectivity index (χ1v) is 12.2. The monoisotopic (exact) mass is 477 g/mol. The fourth-order valence-electron chi connectivity index (χ4n) is 5.51. The van der Waals surface area contributed by atoms with Gasteiger partial charge in [-0.3, -0.25) is 9.20 Å². The molecule has 8 aromatic rings. The standard InChI is InChI=1S/C32H19N3O2/c36-31-24-11-5-7-13-27(24)35-29-19-21(15-17-30(29)37-32(35)33-31)20-14-16-28-25(18-20)23-10-4-6-12-26(23)34(28)22-8-2-1-3-9-22/h1-19H. The third kappa shape index (κ3) is 2.85. The molecule has 0 N–H and O–H groups in total. The third-order valence-corrected chi connectivity index (χ3v) is 7.19. The number of nitrogens with zero attached hydrogens (tertiary/aromatic N) is 3. The van der Waals surface area contributed by atoms with Crippen LogP contribution in [0, 0.1) is 0 Å². The van der Waals surface area contributed by atoms with Crippen LogP contribution in [0.25, 0.3) is 66.5 Å². The first-order valence-electron chi connectivity index (χ1n) is 12.2. The van der Waals surface area contributed by atoms with Crippen LogP contribution >= 0.6 is 0 Å². The fraction of sp³-hybridized carbons (Fsp3) is 0. The van der Waals surface area contributed by atoms with Gasteiger partial charge < -0.3 is 8.98 Å². The number of rotatable bonds is 2. The highest BCUT2D eigenvalue weighted by Crippen LogP contribution is 2.36. The number of fused-ring (bicyclic) bond motifs is 8. The van der Waals surface area contributed by atoms with Crippen molar-refractivity contribution in [1.29, 1.82) is 0 Å². The van der Waals surface area contributed by atoms with Gasteiger partial charge in [0.15, 0.2) is 5.58 Å². The number of benzene rings is 5. The first kappa shape index (κ1) is 20.1. The minimum absolute atomic E-state index is 0.282. The van der Waals surface area contributed by atoms with E-state index in [4.69, 9.17) is 4.42 Å². The van der Waals surface area contributed by atoms with E-state index in [1.807, 2.05) is 34.7 Å². The molecule has 0 saturated heterocycles. The van der Waals surface area contributed by atoms with Crippen LogP contribution in [-0.2, 0) is 0 Å². The number of aromatic nitrogens is 3. The van der Waals surface area contributed by atoms with Crippen molar-refractivity contribution in [3.63, 3.8) is 0 Å². The molecule has 0 aliphatic heterocycles. The summed E-state index contributed by atoms with van der Waals surface area (Å²) < 4.78 is 10.2. The summed E-state index contributed by atoms with van der Waals surface area (Å²) in [6.07, 6.45) is 0. The molecule has 0 fully saturated rings. The van der Waals surface area contributed by atoms with Gasteiger partial charge in [-0.1, -0.05) is 60.7 Å². The maximum absolute atomic E-state index is 12.5. The third-order valence-electron chi connectivity index (χ3n) is 7.19. The summed E-state index contributed by atoms with van der Waals surface area (Å²) in [5, 5.41) is 2.98. The van der Waals surface area contributed by atoms with Gasteiger partial charge in [0.2, 0.25) is 0 Å². The zero-order chi connectivity index (χ0) is 24.5. The smallest absolute Gasteiger partial charge is 0.310 e. The molecule has 0 atom stereocenters. The largest absolute Gasteiger partial charge is 0.423 e. The molecular formula is C32H19N3O2. The highest BCUT2D eigenvalue weighted by Gasteiger charge is 2.16. The molecule has 0 spiro atoms. The van der Waals surface area contributed by atoms with Crippen LogP contribution in [0.3, 0.4) is 0 Å². The van der Waals surface area contributed by atoms with E-state index in [1.54, 1.807) is 6.07 Å². The second-order valence-corrected chi connectivity index (χ2v) is 9.26. The summed E-state index contributed by atoms with van der Waals surface area (Å²) in [6.45, 7) is 0. The van der Waals surface area contributed by atoms with Gasteiger partial charge in [-0.05, 0) is 65.7 Å². The summed E-state index contributed by atoms with van der Waals surface area (Å²) in [5.74, 6) is 0.303. The highest BCUT2D eigenvalue weighted by molar-refractivity contribution is 6.10. The van der Waals surface area contributed by atoms with E-state index >= 15 is 0 Å². The lowest BCUT2D eigenvalue weighted by molar-refractivity contribution is 0.636. The van der Waals surface area contributed by atoms with Crippen LogP contribution in [0.4, 0.5) is 0 Å². The lowest BCUT2D eigenvalue weighted by atomic mass is 10.0. The molecule has 0 unspecified atom stereocenters. The number of para-hydroxylation sites is 3. The zero-order valence-electron chi connectivity index (χ0n) is 19.6. The van der Waals surface area contributed by atoms with Gasteiger partial charge in [-0.15, -0.1) is 0 Å². The van der Waals surface area contributed by atoms with Crippen molar-refractivity contribution in [2.75, 3.05) is 0 Å². The lowest BCUT2D eigenvalue weighted by Crippen LogP contribution is -2.08. The maximum atomic E-state index is 12.5. The van der Waals surface area contributed by atoms with Crippen LogP contribution in [0.5, 0.6) is 0 Å². The van der Waals surface area contributed by atoms with Gasteiger partial charge in [0, 0.05) is 16.5 Å². The summed E-state index contributed by atoms with van der Waals surface area (Å²) in [5.41, 5.74) is 7.73. The Hall–Kier alpha value is -5.16. The van der Waals surface area contributed by atoms with E-state index in [1.165, 1.54) is 21.8 Å². The quantitative estimate of drug-likeness (QED) is 0.261. The van der Waals surface area contributed by atoms with Crippen molar-refractivity contribution in [2.24, 2.45) is 0 Å². The Kier molecular flexibility index (Phi) is 4.03. The predicted molar refractivity (Wildman–Crippen MR) is 149 cm³/mol. The minimum Gasteiger partial charge on any atom is -0.423 e. The Balaban J connectivity index is 1.39. The van der Waals surface area contributed by atoms with E-state index < -0.39 is 0 Å². The Morgan fingerprint density at radius 1 is 0.568 bits per heavy atom. The molecule has 8 rings (SSSR count). The molecule has 5 heteroatoms. The van der Waals surface area contributed by atoms with Crippen molar-refractivity contribution in [1.82, 2.24) is 14.0 Å². The Morgan fingerprint density at radius 3 is 2.11 bits per heavy atom. The molecule has 37 heavy (non-hydrogen) atoms. The number of hydrogen-bond donors (Lipinski definition) is 0. The van der Waals surface area contributed by atoms with Crippen LogP contribution < -0.4 is 5.56 Å². The molecule has 3 heterocycles. The summed E-state index contributed by atoms with van der Waals surface area (Å²) in [4.78, 5) is 16.7. The molecule has 0 saturated carbocycles. The van der Waals surface area contributed by atoms with Crippen molar-refractivity contribution in [3.05, 3.63) is 126 Å². The first-order chi connectivity index (χ1) is 18.3. The van der Waals surface area contributed by atoms with Crippen molar-refractivity contribution in [2.45, 2.75) is 0 Å². The molecule has 174 valence electrons. The topological polar surface area (TPSA) is 52.4 Å². The Bertz CT molecular complexity index is 2220. The van der Waals surface area contributed by atoms with E-state index in [2.05, 4.69) is 88.4 Å². The van der Waals surface area contributed by atoms with Gasteiger partial charge in [0.25, 0.3) is 5.56 Å². The van der Waals surface area contributed by atoms with E-state index in [0.29, 0.717) is 16.8 Å². The molecule has 0 bridgehead atoms. The van der Waals surface area contributed by atoms with E-state index in [0.717, 1.165) is 27.8 Å². The van der Waals surface area contributed by atoms with Crippen LogP contribution in [0.2, 0.25) is 0 Å². The fourth-order valence-corrected chi connectivity index (χ4v) is 5.51. The van der Waals surface area contributed by atoms with Crippen LogP contribution in [-0.4, -0.2) is 14.0 Å². The summed E-state index contributed by atoms with van der Waals surface area (Å²) in [6, 6.07) is 39.3. The maximum Gasteiger partial charge on any atom is 0.310 e. The normalized spacial score (nSPS) is 11.9. The van der Waals surface area contributed by atoms with Crippen LogP contribution in [0.1, 0.15) is 0 Å². The molecule has 5 aromatic carbocycles. The second-order valence-electron chi connectivity index (χ2n) is 9.26. The van der Waals surface area contributed by atoms with Crippen molar-refractivity contribution < 1.29 is 4.42 Å². The average Bonchev–Trinajstić information content (AvgIpc) is 3.48. The van der Waals surface area contributed by atoms with Crippen LogP contribution in [0.15, 0.2) is 124 Å².